The lowest BCUT2D eigenvalue weighted by Crippen LogP contribution is -2.39. The Morgan fingerprint density at radius 1 is 1.13 bits per heavy atom. The van der Waals surface area contributed by atoms with Gasteiger partial charge in [0, 0.05) is 30.3 Å². The van der Waals surface area contributed by atoms with Crippen LogP contribution >= 0.6 is 0 Å². The molecule has 2 aromatic carbocycles. The van der Waals surface area contributed by atoms with Crippen LogP contribution in [-0.4, -0.2) is 53.9 Å². The number of fused-ring (bicyclic) bond motifs is 3. The molecule has 3 heterocycles. The van der Waals surface area contributed by atoms with Crippen LogP contribution in [0.5, 0.6) is 0 Å². The average Bonchev–Trinajstić information content (AvgIpc) is 3.25. The number of alkyl halides is 3. The first-order valence-electron chi connectivity index (χ1n) is 12.8. The maximum Gasteiger partial charge on any atom is 0.416 e. The summed E-state index contributed by atoms with van der Waals surface area (Å²) >= 11 is -1.63. The summed E-state index contributed by atoms with van der Waals surface area (Å²) < 4.78 is 67.5. The normalized spacial score (nSPS) is 26.7. The second kappa shape index (κ2) is 11.2. The minimum Gasteiger partial charge on any atom is -0.378 e. The Balaban J connectivity index is 1.33. The molecule has 2 N–H and O–H groups in total. The van der Waals surface area contributed by atoms with E-state index in [9.17, 15) is 17.4 Å². The minimum absolute atomic E-state index is 0.00854. The zero-order chi connectivity index (χ0) is 26.9. The first-order chi connectivity index (χ1) is 18.2. The minimum atomic E-state index is -4.43. The molecule has 7 nitrogen and oxygen atoms in total. The summed E-state index contributed by atoms with van der Waals surface area (Å²) in [6, 6.07) is 13.8. The average molecular weight is 548 g/mol. The van der Waals surface area contributed by atoms with E-state index in [0.717, 1.165) is 31.0 Å². The van der Waals surface area contributed by atoms with E-state index in [1.165, 1.54) is 12.1 Å². The van der Waals surface area contributed by atoms with Crippen molar-refractivity contribution in [2.24, 2.45) is 14.7 Å². The van der Waals surface area contributed by atoms with Gasteiger partial charge in [0.15, 0.2) is 5.84 Å². The highest BCUT2D eigenvalue weighted by Gasteiger charge is 2.43. The van der Waals surface area contributed by atoms with E-state index < -0.39 is 29.0 Å². The van der Waals surface area contributed by atoms with Gasteiger partial charge in [-0.2, -0.15) is 17.6 Å². The molecular formula is C27H32F3N5O2S. The smallest absolute Gasteiger partial charge is 0.378 e. The van der Waals surface area contributed by atoms with Crippen LogP contribution in [0, 0.1) is 5.92 Å². The third kappa shape index (κ3) is 5.94. The monoisotopic (exact) mass is 547 g/mol. The van der Waals surface area contributed by atoms with Gasteiger partial charge >= 0.3 is 6.18 Å². The molecule has 1 unspecified atom stereocenters. The summed E-state index contributed by atoms with van der Waals surface area (Å²) in [4.78, 5) is 2.03. The first kappa shape index (κ1) is 26.8. The lowest BCUT2D eigenvalue weighted by atomic mass is 9.76. The number of halogens is 3. The van der Waals surface area contributed by atoms with Crippen molar-refractivity contribution in [2.75, 3.05) is 32.5 Å². The Bertz CT molecular complexity index is 1230. The summed E-state index contributed by atoms with van der Waals surface area (Å²) in [5.41, 5.74) is 2.29. The van der Waals surface area contributed by atoms with Gasteiger partial charge in [-0.05, 0) is 63.5 Å². The van der Waals surface area contributed by atoms with E-state index in [4.69, 9.17) is 4.74 Å². The molecule has 0 radical (unpaired) electrons. The number of anilines is 1. The maximum atomic E-state index is 13.6. The van der Waals surface area contributed by atoms with Gasteiger partial charge in [-0.3, -0.25) is 0 Å². The number of rotatable bonds is 7. The topological polar surface area (TPSA) is 78.3 Å². The molecular weight excluding hydrogens is 515 g/mol. The summed E-state index contributed by atoms with van der Waals surface area (Å²) in [6.45, 7) is 1.45. The zero-order valence-corrected chi connectivity index (χ0v) is 22.2. The van der Waals surface area contributed by atoms with Gasteiger partial charge in [0.25, 0.3) is 11.2 Å². The third-order valence-corrected chi connectivity index (χ3v) is 8.03. The summed E-state index contributed by atoms with van der Waals surface area (Å²) in [6.07, 6.45) is -2.34. The number of nitrogens with one attached hydrogen (secondary N) is 2. The molecule has 0 aromatic heterocycles. The van der Waals surface area contributed by atoms with Crippen molar-refractivity contribution in [3.05, 3.63) is 65.2 Å². The highest BCUT2D eigenvalue weighted by molar-refractivity contribution is 7.83. The molecule has 0 spiro atoms. The fraction of sp³-hybridized carbons (Fsp3) is 0.481. The Morgan fingerprint density at radius 2 is 1.92 bits per heavy atom. The molecule has 1 fully saturated rings. The van der Waals surface area contributed by atoms with Gasteiger partial charge in [0.2, 0.25) is 0 Å². The van der Waals surface area contributed by atoms with Gasteiger partial charge in [-0.15, -0.1) is 4.40 Å². The number of benzene rings is 2. The number of hydrogen-bond donors (Lipinski definition) is 2. The molecule has 0 saturated carbocycles. The highest BCUT2D eigenvalue weighted by atomic mass is 32.2. The molecule has 0 aliphatic carbocycles. The van der Waals surface area contributed by atoms with E-state index in [-0.39, 0.29) is 18.1 Å². The molecule has 3 aliphatic rings. The molecule has 3 aliphatic heterocycles. The molecule has 5 rings (SSSR count). The largest absolute Gasteiger partial charge is 0.416 e. The van der Waals surface area contributed by atoms with Crippen molar-refractivity contribution in [3.63, 3.8) is 0 Å². The Hall–Kier alpha value is -2.76. The number of hydrogen-bond acceptors (Lipinski definition) is 5. The zero-order valence-electron chi connectivity index (χ0n) is 21.4. The van der Waals surface area contributed by atoms with Crippen molar-refractivity contribution in [1.82, 2.24) is 10.2 Å². The molecule has 0 amide bonds. The molecule has 1 saturated heterocycles. The van der Waals surface area contributed by atoms with Crippen LogP contribution in [-0.2, 0) is 22.1 Å². The lowest BCUT2D eigenvalue weighted by Gasteiger charge is -2.46. The van der Waals surface area contributed by atoms with E-state index in [1.54, 1.807) is 0 Å². The Kier molecular flexibility index (Phi) is 7.88. The summed E-state index contributed by atoms with van der Waals surface area (Å²) in [5.74, 6) is 0.538. The molecule has 204 valence electrons. The number of likely N-dealkylation sites (N-methyl/N-ethyl adjacent to an activating group) is 1. The van der Waals surface area contributed by atoms with Crippen LogP contribution in [0.4, 0.5) is 18.9 Å². The van der Waals surface area contributed by atoms with Gasteiger partial charge < -0.3 is 20.3 Å². The third-order valence-electron chi connectivity index (χ3n) is 7.32. The Morgan fingerprint density at radius 3 is 2.66 bits per heavy atom. The van der Waals surface area contributed by atoms with Crippen LogP contribution in [0.15, 0.2) is 57.3 Å². The highest BCUT2D eigenvalue weighted by Crippen LogP contribution is 2.51. The quantitative estimate of drug-likeness (QED) is 0.506. The number of nitrogens with zero attached hydrogens (tertiary/aromatic N) is 3. The summed E-state index contributed by atoms with van der Waals surface area (Å²) in [5, 5.41) is 6.71. The first-order valence-corrected chi connectivity index (χ1v) is 13.9. The van der Waals surface area contributed by atoms with Gasteiger partial charge in [0.1, 0.15) is 0 Å². The SMILES string of the molecule is CN(C)CCNC1=NS(=O)N=C1CC[C@H]1CC[C@@H]2[C@H](O1)c1cc(C(F)(F)F)ccc1N[C@H]2c1ccccc1. The van der Waals surface area contributed by atoms with Crippen molar-refractivity contribution < 1.29 is 22.1 Å². The fourth-order valence-corrected chi connectivity index (χ4v) is 6.15. The van der Waals surface area contributed by atoms with Crippen LogP contribution < -0.4 is 10.6 Å². The van der Waals surface area contributed by atoms with Crippen LogP contribution in [0.1, 0.15) is 54.5 Å². The molecule has 38 heavy (non-hydrogen) atoms. The summed E-state index contributed by atoms with van der Waals surface area (Å²) in [7, 11) is 3.94. The van der Waals surface area contributed by atoms with Gasteiger partial charge in [-0.25, -0.2) is 4.21 Å². The van der Waals surface area contributed by atoms with Crippen molar-refractivity contribution in [1.29, 1.82) is 0 Å². The fourth-order valence-electron chi connectivity index (χ4n) is 5.42. The van der Waals surface area contributed by atoms with Gasteiger partial charge in [0.05, 0.1) is 29.5 Å². The predicted molar refractivity (Wildman–Crippen MR) is 143 cm³/mol. The van der Waals surface area contributed by atoms with Crippen molar-refractivity contribution in [2.45, 2.75) is 50.1 Å². The molecule has 0 bridgehead atoms. The molecule has 2 aromatic rings. The van der Waals surface area contributed by atoms with E-state index in [0.29, 0.717) is 42.2 Å². The van der Waals surface area contributed by atoms with E-state index >= 15 is 0 Å². The molecule has 11 heteroatoms. The van der Waals surface area contributed by atoms with Crippen molar-refractivity contribution >= 4 is 28.4 Å². The van der Waals surface area contributed by atoms with E-state index in [2.05, 4.69) is 19.4 Å². The second-order valence-corrected chi connectivity index (χ2v) is 11.1. The second-order valence-electron chi connectivity index (χ2n) is 10.2. The predicted octanol–water partition coefficient (Wildman–Crippen LogP) is 5.07. The standard InChI is InChI=1S/C27H32F3N5O2S/c1-35(2)15-14-31-26-23(33-38(36)34-26)13-10-19-9-11-20-24(17-6-4-3-5-7-17)32-22-12-8-18(27(28,29)30)16-21(22)25(20)37-19/h3-8,12,16,19-20,24-25,32H,9-11,13-15H2,1-2H3,(H,31,34)/t19-,20+,24+,25+,38?/m1/s1. The van der Waals surface area contributed by atoms with Gasteiger partial charge in [-0.1, -0.05) is 30.3 Å². The Labute approximate surface area is 223 Å². The van der Waals surface area contributed by atoms with Crippen LogP contribution in [0.2, 0.25) is 0 Å². The number of ether oxygens (including phenoxy) is 1. The van der Waals surface area contributed by atoms with E-state index in [1.807, 2.05) is 49.3 Å². The molecule has 5 atom stereocenters. The maximum absolute atomic E-state index is 13.6. The van der Waals surface area contributed by atoms with Crippen molar-refractivity contribution in [3.8, 4) is 0 Å². The van der Waals surface area contributed by atoms with Crippen LogP contribution in [0.3, 0.4) is 0 Å². The lowest BCUT2D eigenvalue weighted by molar-refractivity contribution is -0.138. The van der Waals surface area contributed by atoms with Crippen LogP contribution in [0.25, 0.3) is 0 Å². The number of amidine groups is 1.